The van der Waals surface area contributed by atoms with Crippen LogP contribution in [0.1, 0.15) is 19.4 Å². The van der Waals surface area contributed by atoms with E-state index in [0.29, 0.717) is 17.3 Å². The number of carbonyl (C=O) groups excluding carboxylic acids is 2. The number of amides is 1. The van der Waals surface area contributed by atoms with Crippen LogP contribution in [0.3, 0.4) is 0 Å². The molecule has 0 radical (unpaired) electrons. The van der Waals surface area contributed by atoms with Gasteiger partial charge in [-0.05, 0) is 55.8 Å². The second-order valence-electron chi connectivity index (χ2n) is 5.86. The van der Waals surface area contributed by atoms with Crippen molar-refractivity contribution in [3.8, 4) is 11.5 Å². The van der Waals surface area contributed by atoms with E-state index in [9.17, 15) is 9.59 Å². The number of rotatable bonds is 8. The topological polar surface area (TPSA) is 73.9 Å². The molecule has 0 fully saturated rings. The fourth-order valence-corrected chi connectivity index (χ4v) is 2.29. The largest absolute Gasteiger partial charge is 0.497 e. The average molecular weight is 392 g/mol. The van der Waals surface area contributed by atoms with E-state index in [1.165, 1.54) is 6.92 Å². The van der Waals surface area contributed by atoms with Crippen LogP contribution in [0.5, 0.6) is 11.5 Å². The summed E-state index contributed by atoms with van der Waals surface area (Å²) in [6.07, 6.45) is -1.80. The zero-order chi connectivity index (χ0) is 19.8. The number of nitrogens with one attached hydrogen (secondary N) is 1. The van der Waals surface area contributed by atoms with E-state index in [1.54, 1.807) is 50.4 Å². The SMILES string of the molecule is COc1ccc(CNC(=O)[C@H](C)OC(=O)[C@@H](C)Oc2ccc(Cl)cc2)cc1. The molecule has 0 spiro atoms. The molecule has 0 aliphatic carbocycles. The molecule has 7 heteroatoms. The van der Waals surface area contributed by atoms with Crippen LogP contribution in [0.25, 0.3) is 0 Å². The number of ether oxygens (including phenoxy) is 3. The van der Waals surface area contributed by atoms with Crippen molar-refractivity contribution in [3.05, 3.63) is 59.1 Å². The van der Waals surface area contributed by atoms with Crippen molar-refractivity contribution in [2.45, 2.75) is 32.6 Å². The lowest BCUT2D eigenvalue weighted by molar-refractivity contribution is -0.160. The maximum atomic E-state index is 12.1. The van der Waals surface area contributed by atoms with Gasteiger partial charge in [-0.25, -0.2) is 4.79 Å². The van der Waals surface area contributed by atoms with Gasteiger partial charge in [0.1, 0.15) is 11.5 Å². The van der Waals surface area contributed by atoms with E-state index in [0.717, 1.165) is 11.3 Å². The number of hydrogen-bond acceptors (Lipinski definition) is 5. The molecule has 1 N–H and O–H groups in total. The summed E-state index contributed by atoms with van der Waals surface area (Å²) in [6, 6.07) is 13.9. The monoisotopic (exact) mass is 391 g/mol. The third-order valence-corrected chi connectivity index (χ3v) is 4.00. The Morgan fingerprint density at radius 1 is 0.963 bits per heavy atom. The van der Waals surface area contributed by atoms with Crippen LogP contribution in [0.4, 0.5) is 0 Å². The Kier molecular flexibility index (Phi) is 7.49. The number of carbonyl (C=O) groups is 2. The predicted octanol–water partition coefficient (Wildman–Crippen LogP) is 3.36. The van der Waals surface area contributed by atoms with Gasteiger partial charge in [0.15, 0.2) is 12.2 Å². The van der Waals surface area contributed by atoms with Gasteiger partial charge in [0.25, 0.3) is 5.91 Å². The number of esters is 1. The first-order valence-electron chi connectivity index (χ1n) is 8.42. The Labute approximate surface area is 163 Å². The summed E-state index contributed by atoms with van der Waals surface area (Å²) in [5.41, 5.74) is 0.905. The van der Waals surface area contributed by atoms with Crippen molar-refractivity contribution in [1.29, 1.82) is 0 Å². The minimum atomic E-state index is -0.938. The van der Waals surface area contributed by atoms with E-state index in [1.807, 2.05) is 12.1 Å². The lowest BCUT2D eigenvalue weighted by Gasteiger charge is -2.18. The normalized spacial score (nSPS) is 12.6. The number of halogens is 1. The molecule has 0 saturated heterocycles. The van der Waals surface area contributed by atoms with Gasteiger partial charge in [0.05, 0.1) is 7.11 Å². The molecule has 0 aliphatic heterocycles. The Morgan fingerprint density at radius 3 is 2.15 bits per heavy atom. The van der Waals surface area contributed by atoms with Crippen LogP contribution in [-0.4, -0.2) is 31.2 Å². The Balaban J connectivity index is 1.79. The fraction of sp³-hybridized carbons (Fsp3) is 0.300. The summed E-state index contributed by atoms with van der Waals surface area (Å²) in [4.78, 5) is 24.2. The zero-order valence-electron chi connectivity index (χ0n) is 15.4. The van der Waals surface area contributed by atoms with Crippen molar-refractivity contribution >= 4 is 23.5 Å². The number of hydrogen-bond donors (Lipinski definition) is 1. The highest BCUT2D eigenvalue weighted by Crippen LogP contribution is 2.17. The molecule has 0 saturated carbocycles. The molecule has 0 aromatic heterocycles. The van der Waals surface area contributed by atoms with Crippen LogP contribution < -0.4 is 14.8 Å². The first-order valence-corrected chi connectivity index (χ1v) is 8.80. The third kappa shape index (κ3) is 6.49. The van der Waals surface area contributed by atoms with Gasteiger partial charge < -0.3 is 19.5 Å². The summed E-state index contributed by atoms with van der Waals surface area (Å²) in [5, 5.41) is 3.29. The van der Waals surface area contributed by atoms with E-state index < -0.39 is 24.1 Å². The maximum Gasteiger partial charge on any atom is 0.347 e. The standard InChI is InChI=1S/C20H22ClNO5/c1-13(19(23)22-12-15-4-8-17(25-3)9-5-15)27-20(24)14(2)26-18-10-6-16(21)7-11-18/h4-11,13-14H,12H2,1-3H3,(H,22,23)/t13-,14+/m0/s1. The first kappa shape index (κ1) is 20.6. The second-order valence-corrected chi connectivity index (χ2v) is 6.30. The first-order chi connectivity index (χ1) is 12.9. The van der Waals surface area contributed by atoms with Crippen LogP contribution in [0.15, 0.2) is 48.5 Å². The third-order valence-electron chi connectivity index (χ3n) is 3.75. The van der Waals surface area contributed by atoms with Gasteiger partial charge in [-0.2, -0.15) is 0 Å². The highest BCUT2D eigenvalue weighted by molar-refractivity contribution is 6.30. The van der Waals surface area contributed by atoms with Gasteiger partial charge in [-0.1, -0.05) is 23.7 Å². The summed E-state index contributed by atoms with van der Waals surface area (Å²) >= 11 is 5.81. The summed E-state index contributed by atoms with van der Waals surface area (Å²) in [7, 11) is 1.59. The molecule has 144 valence electrons. The van der Waals surface area contributed by atoms with Gasteiger partial charge in [0.2, 0.25) is 0 Å². The second kappa shape index (κ2) is 9.83. The molecule has 2 rings (SSSR count). The molecular weight excluding hydrogens is 370 g/mol. The van der Waals surface area contributed by atoms with Crippen LogP contribution in [0.2, 0.25) is 5.02 Å². The summed E-state index contributed by atoms with van der Waals surface area (Å²) in [6.45, 7) is 3.39. The van der Waals surface area contributed by atoms with Crippen molar-refractivity contribution in [2.75, 3.05) is 7.11 Å². The Hall–Kier alpha value is -2.73. The molecule has 0 bridgehead atoms. The van der Waals surface area contributed by atoms with Crippen molar-refractivity contribution in [1.82, 2.24) is 5.32 Å². The van der Waals surface area contributed by atoms with Crippen molar-refractivity contribution < 1.29 is 23.8 Å². The Bertz CT molecular complexity index is 761. The molecule has 0 heterocycles. The molecule has 0 unspecified atom stereocenters. The van der Waals surface area contributed by atoms with E-state index >= 15 is 0 Å². The number of methoxy groups -OCH3 is 1. The highest BCUT2D eigenvalue weighted by Gasteiger charge is 2.23. The molecule has 2 aromatic rings. The minimum Gasteiger partial charge on any atom is -0.497 e. The summed E-state index contributed by atoms with van der Waals surface area (Å²) < 4.78 is 15.7. The molecule has 0 aliphatic rings. The molecular formula is C20H22ClNO5. The highest BCUT2D eigenvalue weighted by atomic mass is 35.5. The van der Waals surface area contributed by atoms with Gasteiger partial charge in [-0.15, -0.1) is 0 Å². The molecule has 2 atom stereocenters. The average Bonchev–Trinajstić information content (AvgIpc) is 2.68. The predicted molar refractivity (Wildman–Crippen MR) is 102 cm³/mol. The summed E-state index contributed by atoms with van der Waals surface area (Å²) in [5.74, 6) is 0.206. The maximum absolute atomic E-state index is 12.1. The van der Waals surface area contributed by atoms with Gasteiger partial charge in [-0.3, -0.25) is 4.79 Å². The molecule has 1 amide bonds. The lowest BCUT2D eigenvalue weighted by Crippen LogP contribution is -2.38. The van der Waals surface area contributed by atoms with Gasteiger partial charge in [0, 0.05) is 11.6 Å². The van der Waals surface area contributed by atoms with E-state index in [4.69, 9.17) is 25.8 Å². The van der Waals surface area contributed by atoms with Crippen molar-refractivity contribution in [2.24, 2.45) is 0 Å². The Morgan fingerprint density at radius 2 is 1.56 bits per heavy atom. The number of benzene rings is 2. The van der Waals surface area contributed by atoms with E-state index in [2.05, 4.69) is 5.32 Å². The minimum absolute atomic E-state index is 0.321. The van der Waals surface area contributed by atoms with Crippen LogP contribution >= 0.6 is 11.6 Å². The zero-order valence-corrected chi connectivity index (χ0v) is 16.2. The van der Waals surface area contributed by atoms with Crippen molar-refractivity contribution in [3.63, 3.8) is 0 Å². The van der Waals surface area contributed by atoms with Crippen LogP contribution in [0, 0.1) is 0 Å². The van der Waals surface area contributed by atoms with Gasteiger partial charge >= 0.3 is 5.97 Å². The molecule has 2 aromatic carbocycles. The molecule has 6 nitrogen and oxygen atoms in total. The quantitative estimate of drug-likeness (QED) is 0.698. The smallest absolute Gasteiger partial charge is 0.347 e. The van der Waals surface area contributed by atoms with Crippen LogP contribution in [-0.2, 0) is 20.9 Å². The fourth-order valence-electron chi connectivity index (χ4n) is 2.17. The molecule has 27 heavy (non-hydrogen) atoms. The van der Waals surface area contributed by atoms with E-state index in [-0.39, 0.29) is 0 Å². The lowest BCUT2D eigenvalue weighted by atomic mass is 10.2.